The summed E-state index contributed by atoms with van der Waals surface area (Å²) in [6, 6.07) is 22.6. The summed E-state index contributed by atoms with van der Waals surface area (Å²) in [5, 5.41) is 13.2. The van der Waals surface area contributed by atoms with Crippen molar-refractivity contribution in [3.8, 4) is 5.75 Å². The lowest BCUT2D eigenvalue weighted by molar-refractivity contribution is -0.116. The summed E-state index contributed by atoms with van der Waals surface area (Å²) in [5.41, 5.74) is 3.86. The first-order valence-electron chi connectivity index (χ1n) is 10.7. The van der Waals surface area contributed by atoms with Gasteiger partial charge in [0.15, 0.2) is 0 Å². The Bertz CT molecular complexity index is 1250. The number of rotatable bonds is 8. The average molecular weight is 440 g/mol. The molecule has 0 radical (unpaired) electrons. The molecule has 0 spiro atoms. The third-order valence-electron chi connectivity index (χ3n) is 5.12. The van der Waals surface area contributed by atoms with Crippen LogP contribution in [0, 0.1) is 0 Å². The number of benzene rings is 2. The zero-order valence-electron chi connectivity index (χ0n) is 18.3. The molecule has 0 fully saturated rings. The third kappa shape index (κ3) is 5.81. The molecule has 1 amide bonds. The van der Waals surface area contributed by atoms with Crippen molar-refractivity contribution in [2.45, 2.75) is 19.6 Å². The van der Waals surface area contributed by atoms with Gasteiger partial charge >= 0.3 is 0 Å². The molecule has 0 saturated heterocycles. The Kier molecular flexibility index (Phi) is 7.07. The monoisotopic (exact) mass is 439 g/mol. The van der Waals surface area contributed by atoms with Gasteiger partial charge in [-0.25, -0.2) is 4.98 Å². The molecule has 0 aliphatic heterocycles. The lowest BCUT2D eigenvalue weighted by atomic mass is 10.0. The van der Waals surface area contributed by atoms with Crippen LogP contribution in [0.3, 0.4) is 0 Å². The van der Waals surface area contributed by atoms with Gasteiger partial charge in [-0.05, 0) is 60.5 Å². The van der Waals surface area contributed by atoms with Crippen molar-refractivity contribution in [1.82, 2.24) is 15.3 Å². The number of para-hydroxylation sites is 1. The highest BCUT2D eigenvalue weighted by Gasteiger charge is 2.15. The Morgan fingerprint density at radius 3 is 2.55 bits per heavy atom. The molecule has 0 aliphatic carbocycles. The molecule has 0 aliphatic rings. The van der Waals surface area contributed by atoms with E-state index in [0.717, 1.165) is 27.7 Å². The minimum absolute atomic E-state index is 0.135. The number of aliphatic hydroxyl groups is 1. The number of aliphatic hydroxyl groups excluding tert-OH is 1. The highest BCUT2D eigenvalue weighted by Crippen LogP contribution is 2.23. The van der Waals surface area contributed by atoms with Crippen molar-refractivity contribution in [2.24, 2.45) is 0 Å². The Morgan fingerprint density at radius 1 is 1.03 bits per heavy atom. The van der Waals surface area contributed by atoms with E-state index in [4.69, 9.17) is 4.74 Å². The fourth-order valence-electron chi connectivity index (χ4n) is 3.33. The molecule has 1 atom stereocenters. The number of fused-ring (bicyclic) bond motifs is 1. The van der Waals surface area contributed by atoms with Crippen molar-refractivity contribution < 1.29 is 14.6 Å². The van der Waals surface area contributed by atoms with Crippen LogP contribution in [0.4, 0.5) is 0 Å². The molecular formula is C27H25N3O3. The molecule has 0 bridgehead atoms. The van der Waals surface area contributed by atoms with Gasteiger partial charge in [-0.1, -0.05) is 36.4 Å². The number of carbonyl (C=O) groups is 1. The van der Waals surface area contributed by atoms with Crippen LogP contribution in [-0.4, -0.2) is 33.6 Å². The molecule has 2 N–H and O–H groups in total. The summed E-state index contributed by atoms with van der Waals surface area (Å²) in [7, 11) is 0. The topological polar surface area (TPSA) is 84.3 Å². The molecule has 6 nitrogen and oxygen atoms in total. The second-order valence-corrected chi connectivity index (χ2v) is 7.70. The molecule has 6 heteroatoms. The number of carbonyl (C=O) groups excluding carboxylic acids is 1. The Morgan fingerprint density at radius 2 is 1.79 bits per heavy atom. The smallest absolute Gasteiger partial charge is 0.252 e. The van der Waals surface area contributed by atoms with Crippen LogP contribution in [0.1, 0.15) is 23.7 Å². The molecule has 4 aromatic rings. The summed E-state index contributed by atoms with van der Waals surface area (Å²) in [6.07, 6.45) is 5.15. The van der Waals surface area contributed by atoms with Gasteiger partial charge in [0.05, 0.1) is 17.8 Å². The summed E-state index contributed by atoms with van der Waals surface area (Å²) < 4.78 is 5.91. The van der Waals surface area contributed by atoms with E-state index >= 15 is 0 Å². The van der Waals surface area contributed by atoms with Crippen LogP contribution in [-0.2, 0) is 11.4 Å². The number of ether oxygens (including phenoxy) is 1. The predicted molar refractivity (Wildman–Crippen MR) is 129 cm³/mol. The summed E-state index contributed by atoms with van der Waals surface area (Å²) in [5.74, 6) is 0.420. The van der Waals surface area contributed by atoms with E-state index in [0.29, 0.717) is 17.9 Å². The highest BCUT2D eigenvalue weighted by molar-refractivity contribution is 6.24. The van der Waals surface area contributed by atoms with Gasteiger partial charge in [0.25, 0.3) is 5.91 Å². The number of hydrogen-bond donors (Lipinski definition) is 2. The minimum Gasteiger partial charge on any atom is -0.487 e. The van der Waals surface area contributed by atoms with E-state index < -0.39 is 0 Å². The van der Waals surface area contributed by atoms with Gasteiger partial charge < -0.3 is 15.2 Å². The molecular weight excluding hydrogens is 414 g/mol. The molecule has 2 aromatic heterocycles. The van der Waals surface area contributed by atoms with Crippen molar-refractivity contribution in [3.05, 3.63) is 102 Å². The van der Waals surface area contributed by atoms with Gasteiger partial charge in [0.2, 0.25) is 0 Å². The number of hydrogen-bond acceptors (Lipinski definition) is 5. The summed E-state index contributed by atoms with van der Waals surface area (Å²) >= 11 is 0. The molecule has 1 unspecified atom stereocenters. The molecule has 0 saturated carbocycles. The van der Waals surface area contributed by atoms with E-state index in [9.17, 15) is 9.90 Å². The molecule has 2 aromatic carbocycles. The zero-order valence-corrected chi connectivity index (χ0v) is 18.3. The maximum absolute atomic E-state index is 12.9. The SMILES string of the molecule is CC(CO)NC(=O)/C(=C/c1ccncc1)c1ccc(OCc2ccc3ccccc3n2)cc1. The summed E-state index contributed by atoms with van der Waals surface area (Å²) in [6.45, 7) is 1.96. The molecule has 2 heterocycles. The first-order valence-corrected chi connectivity index (χ1v) is 10.7. The van der Waals surface area contributed by atoms with Crippen LogP contribution in [0.15, 0.2) is 85.2 Å². The van der Waals surface area contributed by atoms with E-state index in [1.807, 2.05) is 72.8 Å². The number of pyridine rings is 2. The number of amides is 1. The second-order valence-electron chi connectivity index (χ2n) is 7.70. The van der Waals surface area contributed by atoms with E-state index in [-0.39, 0.29) is 18.6 Å². The Hall–Kier alpha value is -4.03. The van der Waals surface area contributed by atoms with Crippen LogP contribution in [0.5, 0.6) is 5.75 Å². The van der Waals surface area contributed by atoms with Crippen molar-refractivity contribution >= 4 is 28.5 Å². The fourth-order valence-corrected chi connectivity index (χ4v) is 3.33. The van der Waals surface area contributed by atoms with E-state index in [2.05, 4.69) is 15.3 Å². The quantitative estimate of drug-likeness (QED) is 0.401. The standard InChI is InChI=1S/C27H25N3O3/c1-19(17-31)29-27(32)25(16-20-12-14-28-15-13-20)21-7-10-24(11-8-21)33-18-23-9-6-22-4-2-3-5-26(22)30-23/h2-16,19,31H,17-18H2,1H3,(H,29,32)/b25-16+. The van der Waals surface area contributed by atoms with Crippen LogP contribution in [0.2, 0.25) is 0 Å². The van der Waals surface area contributed by atoms with E-state index in [1.54, 1.807) is 25.4 Å². The van der Waals surface area contributed by atoms with Crippen molar-refractivity contribution in [3.63, 3.8) is 0 Å². The number of nitrogens with zero attached hydrogens (tertiary/aromatic N) is 2. The first-order chi connectivity index (χ1) is 16.1. The first kappa shape index (κ1) is 22.2. The fraction of sp³-hybridized carbons (Fsp3) is 0.148. The summed E-state index contributed by atoms with van der Waals surface area (Å²) in [4.78, 5) is 21.5. The second kappa shape index (κ2) is 10.5. The van der Waals surface area contributed by atoms with Crippen LogP contribution < -0.4 is 10.1 Å². The normalized spacial score (nSPS) is 12.4. The van der Waals surface area contributed by atoms with Gasteiger partial charge in [-0.15, -0.1) is 0 Å². The number of aromatic nitrogens is 2. The van der Waals surface area contributed by atoms with Crippen molar-refractivity contribution in [2.75, 3.05) is 6.61 Å². The maximum atomic E-state index is 12.9. The van der Waals surface area contributed by atoms with Crippen molar-refractivity contribution in [1.29, 1.82) is 0 Å². The zero-order chi connectivity index (χ0) is 23.0. The molecule has 4 rings (SSSR count). The number of nitrogens with one attached hydrogen (secondary N) is 1. The van der Waals surface area contributed by atoms with Crippen LogP contribution in [0.25, 0.3) is 22.6 Å². The maximum Gasteiger partial charge on any atom is 0.252 e. The van der Waals surface area contributed by atoms with Crippen LogP contribution >= 0.6 is 0 Å². The average Bonchev–Trinajstić information content (AvgIpc) is 2.86. The lowest BCUT2D eigenvalue weighted by Crippen LogP contribution is -2.35. The van der Waals surface area contributed by atoms with Gasteiger partial charge in [0.1, 0.15) is 12.4 Å². The largest absolute Gasteiger partial charge is 0.487 e. The van der Waals surface area contributed by atoms with Gasteiger partial charge in [-0.2, -0.15) is 0 Å². The van der Waals surface area contributed by atoms with E-state index in [1.165, 1.54) is 0 Å². The molecule has 166 valence electrons. The lowest BCUT2D eigenvalue weighted by Gasteiger charge is -2.14. The Balaban J connectivity index is 1.51. The minimum atomic E-state index is -0.351. The highest BCUT2D eigenvalue weighted by atomic mass is 16.5. The predicted octanol–water partition coefficient (Wildman–Crippen LogP) is 4.25. The van der Waals surface area contributed by atoms with Gasteiger partial charge in [0, 0.05) is 29.4 Å². The molecule has 33 heavy (non-hydrogen) atoms. The third-order valence-corrected chi connectivity index (χ3v) is 5.12. The van der Waals surface area contributed by atoms with Gasteiger partial charge in [-0.3, -0.25) is 9.78 Å². The Labute approximate surface area is 192 Å².